The second-order valence-corrected chi connectivity index (χ2v) is 24.5. The van der Waals surface area contributed by atoms with Gasteiger partial charge in [-0.2, -0.15) is 0 Å². The van der Waals surface area contributed by atoms with E-state index >= 15 is 0 Å². The van der Waals surface area contributed by atoms with Crippen LogP contribution in [-0.2, 0) is 86.0 Å². The molecule has 6 amide bonds. The average Bonchev–Trinajstić information content (AvgIpc) is 3.46. The standard InChI is InChI=1S/C58H98N6O18/c1-22-34(18)46-52(70)64-43(31(12)13)58(76)79-39(24-27(4)5)48(66)60-36(20)54(72)81-44(32(14)15)50(68)62-41(29(8)9)56(74)77-38(23-26(2)3)47(65)59-35(19)53(71)80-45(33(16)17)51(69)63-42(30(10)11)57(75)78-40(25-28(6)7)49(67)61-37(21)55(73)82-46/h26-46H,22-25H2,1-21H3,(H,59,65)(H,60,66)(H,61,67)(H,62,68)(H,63,69)(H,64,70)/t34-,35?,36?,37?,38?,39?,40?,41?,42?,43?,44?,45?,46?/m0/s1. The Morgan fingerprint density at radius 1 is 0.305 bits per heavy atom. The molecule has 82 heavy (non-hydrogen) atoms. The van der Waals surface area contributed by atoms with Gasteiger partial charge in [0.25, 0.3) is 35.4 Å². The van der Waals surface area contributed by atoms with E-state index in [1.54, 1.807) is 125 Å². The van der Waals surface area contributed by atoms with Crippen LogP contribution in [-0.4, -0.2) is 144 Å². The molecule has 6 N–H and O–H groups in total. The van der Waals surface area contributed by atoms with E-state index in [-0.39, 0.29) is 37.0 Å². The highest BCUT2D eigenvalue weighted by atomic mass is 16.6. The fourth-order valence-corrected chi connectivity index (χ4v) is 8.15. The first-order chi connectivity index (χ1) is 37.8. The highest BCUT2D eigenvalue weighted by Gasteiger charge is 2.41. The maximum absolute atomic E-state index is 14.1. The van der Waals surface area contributed by atoms with E-state index in [1.165, 1.54) is 20.8 Å². The lowest BCUT2D eigenvalue weighted by atomic mass is 9.98. The quantitative estimate of drug-likeness (QED) is 0.112. The minimum absolute atomic E-state index is 0.0331. The second kappa shape index (κ2) is 34.3. The smallest absolute Gasteiger partial charge is 0.329 e. The van der Waals surface area contributed by atoms with Crippen molar-refractivity contribution in [3.63, 3.8) is 0 Å². The monoisotopic (exact) mass is 1170 g/mol. The molecule has 1 fully saturated rings. The normalized spacial score (nSPS) is 28.4. The third kappa shape index (κ3) is 23.9. The van der Waals surface area contributed by atoms with E-state index in [0.717, 1.165) is 0 Å². The summed E-state index contributed by atoms with van der Waals surface area (Å²) in [6, 6.07) is -8.46. The molecule has 1 saturated heterocycles. The van der Waals surface area contributed by atoms with Crippen LogP contribution in [0.25, 0.3) is 0 Å². The summed E-state index contributed by atoms with van der Waals surface area (Å²) in [6.07, 6.45) is -8.86. The van der Waals surface area contributed by atoms with Gasteiger partial charge in [0.15, 0.2) is 36.6 Å². The van der Waals surface area contributed by atoms with E-state index in [9.17, 15) is 57.5 Å². The first-order valence-electron chi connectivity index (χ1n) is 28.9. The van der Waals surface area contributed by atoms with Crippen LogP contribution in [0, 0.1) is 53.3 Å². The second-order valence-electron chi connectivity index (χ2n) is 24.5. The SMILES string of the molecule is CC[C@H](C)C1OC(=O)C(C)NC(=O)C(CC(C)C)OC(=O)C(C(C)C)NC(=O)C(C(C)C)OC(=O)C(C)NC(=O)C(CC(C)C)OC(=O)C(C(C)C)NC(=O)C(C(C)C)OC(=O)C(C)NC(=O)C(CC(C)C)OC(=O)C(C(C)C)NC1=O. The molecule has 0 saturated carbocycles. The van der Waals surface area contributed by atoms with E-state index < -0.39 is 180 Å². The average molecular weight is 1170 g/mol. The van der Waals surface area contributed by atoms with Crippen molar-refractivity contribution in [3.05, 3.63) is 0 Å². The zero-order valence-electron chi connectivity index (χ0n) is 52.3. The van der Waals surface area contributed by atoms with Gasteiger partial charge in [-0.15, -0.1) is 0 Å². The lowest BCUT2D eigenvalue weighted by Gasteiger charge is -2.30. The van der Waals surface area contributed by atoms with Crippen molar-refractivity contribution in [3.8, 4) is 0 Å². The van der Waals surface area contributed by atoms with Crippen molar-refractivity contribution in [2.75, 3.05) is 0 Å². The summed E-state index contributed by atoms with van der Waals surface area (Å²) < 4.78 is 34.2. The Labute approximate surface area is 484 Å². The number of hydrogen-bond acceptors (Lipinski definition) is 18. The molecule has 1 heterocycles. The number of ether oxygens (including phenoxy) is 6. The largest absolute Gasteiger partial charge is 0.451 e. The van der Waals surface area contributed by atoms with Crippen LogP contribution < -0.4 is 31.9 Å². The van der Waals surface area contributed by atoms with Gasteiger partial charge in [-0.05, 0) is 93.8 Å². The van der Waals surface area contributed by atoms with E-state index in [0.29, 0.717) is 6.42 Å². The summed E-state index contributed by atoms with van der Waals surface area (Å²) in [5, 5.41) is 15.2. The molecule has 0 radical (unpaired) electrons. The number of carbonyl (C=O) groups is 12. The van der Waals surface area contributed by atoms with E-state index in [4.69, 9.17) is 28.4 Å². The van der Waals surface area contributed by atoms with Gasteiger partial charge >= 0.3 is 35.8 Å². The number of esters is 6. The Morgan fingerprint density at radius 3 is 0.744 bits per heavy atom. The van der Waals surface area contributed by atoms with Crippen molar-refractivity contribution in [1.82, 2.24) is 31.9 Å². The highest BCUT2D eigenvalue weighted by molar-refractivity contribution is 5.95. The molecule has 24 nitrogen and oxygen atoms in total. The van der Waals surface area contributed by atoms with Gasteiger partial charge in [0.1, 0.15) is 36.3 Å². The van der Waals surface area contributed by atoms with Gasteiger partial charge in [-0.3, -0.25) is 28.8 Å². The number of carbonyl (C=O) groups excluding carboxylic acids is 12. The number of hydrogen-bond donors (Lipinski definition) is 6. The van der Waals surface area contributed by atoms with Crippen LogP contribution in [0.5, 0.6) is 0 Å². The minimum Gasteiger partial charge on any atom is -0.451 e. The summed E-state index contributed by atoms with van der Waals surface area (Å²) >= 11 is 0. The van der Waals surface area contributed by atoms with Crippen LogP contribution in [0.15, 0.2) is 0 Å². The lowest BCUT2D eigenvalue weighted by Crippen LogP contribution is -2.55. The Hall–Kier alpha value is -6.36. The maximum Gasteiger partial charge on any atom is 0.329 e. The van der Waals surface area contributed by atoms with Gasteiger partial charge in [0.2, 0.25) is 0 Å². The summed E-state index contributed by atoms with van der Waals surface area (Å²) in [6.45, 7) is 33.7. The van der Waals surface area contributed by atoms with Crippen LogP contribution in [0.4, 0.5) is 0 Å². The fraction of sp³-hybridized carbons (Fsp3) is 0.793. The third-order valence-electron chi connectivity index (χ3n) is 13.4. The summed E-state index contributed by atoms with van der Waals surface area (Å²) in [4.78, 5) is 166. The number of cyclic esters (lactones) is 6. The molecule has 1 aliphatic heterocycles. The topological polar surface area (TPSA) is 332 Å². The van der Waals surface area contributed by atoms with Gasteiger partial charge in [0.05, 0.1) is 0 Å². The molecule has 0 aliphatic carbocycles. The minimum atomic E-state index is -1.52. The van der Waals surface area contributed by atoms with E-state index in [2.05, 4.69) is 31.9 Å². The molecule has 0 aromatic rings. The number of amides is 6. The summed E-state index contributed by atoms with van der Waals surface area (Å²) in [5.74, 6) is -16.3. The zero-order valence-corrected chi connectivity index (χ0v) is 52.3. The Balaban J connectivity index is 3.97. The molecule has 0 aromatic carbocycles. The molecule has 12 unspecified atom stereocenters. The molecule has 0 spiro atoms. The Morgan fingerprint density at radius 2 is 0.537 bits per heavy atom. The predicted molar refractivity (Wildman–Crippen MR) is 300 cm³/mol. The van der Waals surface area contributed by atoms with Crippen molar-refractivity contribution in [2.45, 2.75) is 244 Å². The van der Waals surface area contributed by atoms with Crippen molar-refractivity contribution in [1.29, 1.82) is 0 Å². The lowest BCUT2D eigenvalue weighted by molar-refractivity contribution is -0.167. The summed E-state index contributed by atoms with van der Waals surface area (Å²) in [7, 11) is 0. The fourth-order valence-electron chi connectivity index (χ4n) is 8.15. The van der Waals surface area contributed by atoms with Crippen molar-refractivity contribution < 1.29 is 86.0 Å². The summed E-state index contributed by atoms with van der Waals surface area (Å²) in [5.41, 5.74) is 0. The van der Waals surface area contributed by atoms with Gasteiger partial charge in [0, 0.05) is 5.92 Å². The van der Waals surface area contributed by atoms with Gasteiger partial charge < -0.3 is 60.3 Å². The maximum atomic E-state index is 14.1. The Bertz CT molecular complexity index is 2200. The van der Waals surface area contributed by atoms with E-state index in [1.807, 2.05) is 0 Å². The first kappa shape index (κ1) is 73.7. The number of rotatable bonds is 13. The van der Waals surface area contributed by atoms with Crippen LogP contribution in [0.1, 0.15) is 171 Å². The van der Waals surface area contributed by atoms with Crippen LogP contribution in [0.2, 0.25) is 0 Å². The molecule has 0 aromatic heterocycles. The molecular formula is C58H98N6O18. The van der Waals surface area contributed by atoms with Gasteiger partial charge in [-0.25, -0.2) is 28.8 Å². The van der Waals surface area contributed by atoms with Crippen LogP contribution in [0.3, 0.4) is 0 Å². The molecule has 24 heteroatoms. The molecule has 468 valence electrons. The molecule has 0 bridgehead atoms. The van der Waals surface area contributed by atoms with Crippen LogP contribution >= 0.6 is 0 Å². The highest BCUT2D eigenvalue weighted by Crippen LogP contribution is 2.21. The molecule has 1 rings (SSSR count). The zero-order chi connectivity index (χ0) is 63.4. The molecular weight excluding hydrogens is 1070 g/mol. The third-order valence-corrected chi connectivity index (χ3v) is 13.4. The Kier molecular flexibility index (Phi) is 30.8. The van der Waals surface area contributed by atoms with Gasteiger partial charge in [-0.1, -0.05) is 125 Å². The first-order valence-corrected chi connectivity index (χ1v) is 28.9. The van der Waals surface area contributed by atoms with Crippen molar-refractivity contribution in [2.24, 2.45) is 53.3 Å². The van der Waals surface area contributed by atoms with Crippen molar-refractivity contribution >= 4 is 71.3 Å². The molecule has 1 aliphatic rings. The molecule has 13 atom stereocenters. The predicted octanol–water partition coefficient (Wildman–Crippen LogP) is 3.90. The number of nitrogens with one attached hydrogen (secondary N) is 6.